The average molecular weight is 269 g/mol. The Hall–Kier alpha value is -1.13. The summed E-state index contributed by atoms with van der Waals surface area (Å²) in [5.74, 6) is 0.863. The van der Waals surface area contributed by atoms with E-state index in [1.807, 2.05) is 0 Å². The predicted molar refractivity (Wildman–Crippen MR) is 68.8 cm³/mol. The van der Waals surface area contributed by atoms with Crippen LogP contribution >= 0.6 is 23.2 Å². The van der Waals surface area contributed by atoms with Crippen molar-refractivity contribution in [3.8, 4) is 0 Å². The SMILES string of the molecule is Clc1cc2c(N3CCCC3)nc(Cl)nc2cn1. The van der Waals surface area contributed by atoms with Gasteiger partial charge < -0.3 is 4.90 Å². The first-order valence-corrected chi connectivity index (χ1v) is 6.23. The Labute approximate surface area is 109 Å². The van der Waals surface area contributed by atoms with Crippen molar-refractivity contribution < 1.29 is 0 Å². The van der Waals surface area contributed by atoms with Crippen LogP contribution in [0.25, 0.3) is 10.9 Å². The van der Waals surface area contributed by atoms with Gasteiger partial charge in [0.2, 0.25) is 5.28 Å². The number of aromatic nitrogens is 3. The van der Waals surface area contributed by atoms with Gasteiger partial charge in [0, 0.05) is 18.5 Å². The van der Waals surface area contributed by atoms with Crippen molar-refractivity contribution >= 4 is 39.9 Å². The molecule has 2 aromatic heterocycles. The van der Waals surface area contributed by atoms with Gasteiger partial charge in [-0.2, -0.15) is 4.98 Å². The maximum atomic E-state index is 5.93. The zero-order chi connectivity index (χ0) is 11.8. The monoisotopic (exact) mass is 268 g/mol. The maximum Gasteiger partial charge on any atom is 0.224 e. The van der Waals surface area contributed by atoms with Crippen LogP contribution in [-0.4, -0.2) is 28.0 Å². The van der Waals surface area contributed by atoms with E-state index in [1.54, 1.807) is 12.3 Å². The molecule has 3 heterocycles. The molecule has 6 heteroatoms. The molecule has 1 saturated heterocycles. The molecule has 4 nitrogen and oxygen atoms in total. The molecule has 0 amide bonds. The Morgan fingerprint density at radius 2 is 1.88 bits per heavy atom. The first-order valence-electron chi connectivity index (χ1n) is 5.48. The van der Waals surface area contributed by atoms with E-state index in [-0.39, 0.29) is 5.28 Å². The summed E-state index contributed by atoms with van der Waals surface area (Å²) in [6.45, 7) is 2.00. The van der Waals surface area contributed by atoms with Gasteiger partial charge in [-0.25, -0.2) is 9.97 Å². The Morgan fingerprint density at radius 3 is 2.65 bits per heavy atom. The quantitative estimate of drug-likeness (QED) is 0.589. The highest BCUT2D eigenvalue weighted by Gasteiger charge is 2.18. The number of rotatable bonds is 1. The van der Waals surface area contributed by atoms with Crippen LogP contribution in [0.3, 0.4) is 0 Å². The standard InChI is InChI=1S/C11H10Cl2N4/c12-9-5-7-8(6-14-9)15-11(13)16-10(7)17-3-1-2-4-17/h5-6H,1-4H2. The van der Waals surface area contributed by atoms with E-state index >= 15 is 0 Å². The summed E-state index contributed by atoms with van der Waals surface area (Å²) < 4.78 is 0. The molecule has 17 heavy (non-hydrogen) atoms. The fourth-order valence-corrected chi connectivity index (χ4v) is 2.46. The molecular formula is C11H10Cl2N4. The molecule has 0 unspecified atom stereocenters. The molecule has 0 atom stereocenters. The van der Waals surface area contributed by atoms with Crippen LogP contribution in [0.2, 0.25) is 10.4 Å². The van der Waals surface area contributed by atoms with E-state index in [0.29, 0.717) is 5.15 Å². The Morgan fingerprint density at radius 1 is 1.12 bits per heavy atom. The van der Waals surface area contributed by atoms with Crippen molar-refractivity contribution in [3.05, 3.63) is 22.7 Å². The fraction of sp³-hybridized carbons (Fsp3) is 0.364. The number of pyridine rings is 1. The van der Waals surface area contributed by atoms with Crippen molar-refractivity contribution in [1.82, 2.24) is 15.0 Å². The van der Waals surface area contributed by atoms with Crippen LogP contribution in [0.4, 0.5) is 5.82 Å². The highest BCUT2D eigenvalue weighted by atomic mass is 35.5. The highest BCUT2D eigenvalue weighted by Crippen LogP contribution is 2.28. The van der Waals surface area contributed by atoms with Crippen LogP contribution in [0, 0.1) is 0 Å². The topological polar surface area (TPSA) is 41.9 Å². The molecule has 0 bridgehead atoms. The van der Waals surface area contributed by atoms with E-state index in [2.05, 4.69) is 19.9 Å². The predicted octanol–water partition coefficient (Wildman–Crippen LogP) is 2.93. The summed E-state index contributed by atoms with van der Waals surface area (Å²) in [7, 11) is 0. The molecule has 3 rings (SSSR count). The Balaban J connectivity index is 2.23. The van der Waals surface area contributed by atoms with Crippen molar-refractivity contribution in [2.75, 3.05) is 18.0 Å². The van der Waals surface area contributed by atoms with Gasteiger partial charge in [0.25, 0.3) is 0 Å². The third-order valence-electron chi connectivity index (χ3n) is 2.91. The first-order chi connectivity index (χ1) is 8.24. The maximum absolute atomic E-state index is 5.93. The molecule has 0 aliphatic carbocycles. The zero-order valence-electron chi connectivity index (χ0n) is 9.03. The molecule has 0 saturated carbocycles. The second-order valence-corrected chi connectivity index (χ2v) is 4.76. The van der Waals surface area contributed by atoms with E-state index in [1.165, 1.54) is 12.8 Å². The third kappa shape index (κ3) is 2.03. The van der Waals surface area contributed by atoms with Crippen LogP contribution < -0.4 is 4.90 Å². The second kappa shape index (κ2) is 4.27. The number of anilines is 1. The van der Waals surface area contributed by atoms with Gasteiger partial charge >= 0.3 is 0 Å². The molecule has 0 spiro atoms. The lowest BCUT2D eigenvalue weighted by Crippen LogP contribution is -2.19. The second-order valence-electron chi connectivity index (χ2n) is 4.03. The molecule has 2 aromatic rings. The van der Waals surface area contributed by atoms with Crippen LogP contribution in [-0.2, 0) is 0 Å². The molecule has 1 fully saturated rings. The molecule has 0 radical (unpaired) electrons. The number of hydrogen-bond donors (Lipinski definition) is 0. The largest absolute Gasteiger partial charge is 0.356 e. The summed E-state index contributed by atoms with van der Waals surface area (Å²) in [5, 5.41) is 1.61. The summed E-state index contributed by atoms with van der Waals surface area (Å²) in [4.78, 5) is 14.7. The van der Waals surface area contributed by atoms with Crippen molar-refractivity contribution in [2.45, 2.75) is 12.8 Å². The average Bonchev–Trinajstić information content (AvgIpc) is 2.82. The van der Waals surface area contributed by atoms with Crippen molar-refractivity contribution in [3.63, 3.8) is 0 Å². The van der Waals surface area contributed by atoms with E-state index in [4.69, 9.17) is 23.2 Å². The van der Waals surface area contributed by atoms with E-state index in [9.17, 15) is 0 Å². The number of hydrogen-bond acceptors (Lipinski definition) is 4. The normalized spacial score (nSPS) is 15.8. The zero-order valence-corrected chi connectivity index (χ0v) is 10.5. The summed E-state index contributed by atoms with van der Waals surface area (Å²) in [6.07, 6.45) is 3.99. The molecule has 0 aromatic carbocycles. The lowest BCUT2D eigenvalue weighted by atomic mass is 10.3. The summed E-state index contributed by atoms with van der Waals surface area (Å²) in [5.41, 5.74) is 0.733. The van der Waals surface area contributed by atoms with Crippen LogP contribution in [0.15, 0.2) is 12.3 Å². The van der Waals surface area contributed by atoms with E-state index in [0.717, 1.165) is 29.8 Å². The number of halogens is 2. The molecule has 88 valence electrons. The lowest BCUT2D eigenvalue weighted by Gasteiger charge is -2.18. The number of fused-ring (bicyclic) bond motifs is 1. The minimum absolute atomic E-state index is 0.253. The van der Waals surface area contributed by atoms with Gasteiger partial charge in [0.1, 0.15) is 11.0 Å². The van der Waals surface area contributed by atoms with Gasteiger partial charge in [0.05, 0.1) is 11.7 Å². The number of nitrogens with zero attached hydrogens (tertiary/aromatic N) is 4. The molecular weight excluding hydrogens is 259 g/mol. The molecule has 1 aliphatic rings. The minimum atomic E-state index is 0.253. The minimum Gasteiger partial charge on any atom is -0.356 e. The van der Waals surface area contributed by atoms with E-state index < -0.39 is 0 Å². The van der Waals surface area contributed by atoms with Crippen molar-refractivity contribution in [2.24, 2.45) is 0 Å². The molecule has 1 aliphatic heterocycles. The van der Waals surface area contributed by atoms with Crippen molar-refractivity contribution in [1.29, 1.82) is 0 Å². The van der Waals surface area contributed by atoms with Gasteiger partial charge in [-0.3, -0.25) is 0 Å². The first kappa shape index (κ1) is 11.0. The summed E-state index contributed by atoms with van der Waals surface area (Å²) >= 11 is 11.9. The third-order valence-corrected chi connectivity index (χ3v) is 3.28. The Kier molecular flexibility index (Phi) is 2.76. The van der Waals surface area contributed by atoms with Gasteiger partial charge in [0.15, 0.2) is 0 Å². The van der Waals surface area contributed by atoms with Crippen LogP contribution in [0.5, 0.6) is 0 Å². The highest BCUT2D eigenvalue weighted by molar-refractivity contribution is 6.30. The Bertz CT molecular complexity index is 567. The van der Waals surface area contributed by atoms with Gasteiger partial charge in [-0.15, -0.1) is 0 Å². The van der Waals surface area contributed by atoms with Gasteiger partial charge in [-0.1, -0.05) is 11.6 Å². The summed E-state index contributed by atoms with van der Waals surface area (Å²) in [6, 6.07) is 1.79. The fourth-order valence-electron chi connectivity index (χ4n) is 2.13. The van der Waals surface area contributed by atoms with Crippen LogP contribution in [0.1, 0.15) is 12.8 Å². The lowest BCUT2D eigenvalue weighted by molar-refractivity contribution is 0.939. The smallest absolute Gasteiger partial charge is 0.224 e. The molecule has 0 N–H and O–H groups in total. The van der Waals surface area contributed by atoms with Gasteiger partial charge in [-0.05, 0) is 30.5 Å².